The van der Waals surface area contributed by atoms with E-state index in [-0.39, 0.29) is 5.41 Å². The molecule has 0 aliphatic heterocycles. The summed E-state index contributed by atoms with van der Waals surface area (Å²) in [6.45, 7) is 4.66. The molecular weight excluding hydrogens is 649 g/mol. The first-order valence-corrected chi connectivity index (χ1v) is 18.0. The molecule has 0 bridgehead atoms. The fourth-order valence-electron chi connectivity index (χ4n) is 8.57. The van der Waals surface area contributed by atoms with Gasteiger partial charge in [0, 0.05) is 32.5 Å². The summed E-state index contributed by atoms with van der Waals surface area (Å²) in [4.78, 5) is 15.8. The number of para-hydroxylation sites is 3. The molecule has 0 radical (unpaired) electrons. The lowest BCUT2D eigenvalue weighted by atomic mass is 9.82. The van der Waals surface area contributed by atoms with Crippen LogP contribution in [0.5, 0.6) is 0 Å². The van der Waals surface area contributed by atoms with Gasteiger partial charge in [0.2, 0.25) is 5.95 Å². The van der Waals surface area contributed by atoms with Crippen LogP contribution in [0.3, 0.4) is 0 Å². The van der Waals surface area contributed by atoms with E-state index in [0.29, 0.717) is 17.6 Å². The average Bonchev–Trinajstić information content (AvgIpc) is 3.84. The van der Waals surface area contributed by atoms with Gasteiger partial charge in [-0.2, -0.15) is 9.97 Å². The molecule has 5 nitrogen and oxygen atoms in total. The molecule has 0 N–H and O–H groups in total. The summed E-state index contributed by atoms with van der Waals surface area (Å²) in [6, 6.07) is 55.2. The van der Waals surface area contributed by atoms with Crippen molar-refractivity contribution in [2.75, 3.05) is 0 Å². The van der Waals surface area contributed by atoms with Gasteiger partial charge in [0.1, 0.15) is 11.2 Å². The van der Waals surface area contributed by atoms with Gasteiger partial charge in [-0.05, 0) is 63.7 Å². The third-order valence-corrected chi connectivity index (χ3v) is 11.1. The van der Waals surface area contributed by atoms with Crippen molar-refractivity contribution in [3.05, 3.63) is 169 Å². The Hall–Kier alpha value is -6.85. The molecule has 1 aliphatic carbocycles. The Morgan fingerprint density at radius 2 is 1.17 bits per heavy atom. The molecule has 5 heteroatoms. The first kappa shape index (κ1) is 29.8. The number of benzene rings is 7. The van der Waals surface area contributed by atoms with Crippen molar-refractivity contribution in [2.45, 2.75) is 19.3 Å². The second-order valence-electron chi connectivity index (χ2n) is 14.4. The van der Waals surface area contributed by atoms with Crippen molar-refractivity contribution in [1.29, 1.82) is 0 Å². The lowest BCUT2D eigenvalue weighted by molar-refractivity contribution is 0.661. The summed E-state index contributed by atoms with van der Waals surface area (Å²) in [7, 11) is 0. The maximum Gasteiger partial charge on any atom is 0.238 e. The van der Waals surface area contributed by atoms with Gasteiger partial charge in [-0.15, -0.1) is 0 Å². The number of aromatic nitrogens is 4. The predicted octanol–water partition coefficient (Wildman–Crippen LogP) is 12.2. The topological polar surface area (TPSA) is 56.7 Å². The number of hydrogen-bond acceptors (Lipinski definition) is 4. The summed E-state index contributed by atoms with van der Waals surface area (Å²) >= 11 is 0. The zero-order valence-electron chi connectivity index (χ0n) is 29.2. The molecule has 7 aromatic carbocycles. The van der Waals surface area contributed by atoms with E-state index in [1.165, 1.54) is 33.0 Å². The number of fused-ring (bicyclic) bond motifs is 10. The van der Waals surface area contributed by atoms with Crippen molar-refractivity contribution in [2.24, 2.45) is 0 Å². The van der Waals surface area contributed by atoms with Crippen molar-refractivity contribution in [3.63, 3.8) is 0 Å². The molecule has 0 saturated heterocycles. The maximum absolute atomic E-state index is 6.53. The van der Waals surface area contributed by atoms with Gasteiger partial charge >= 0.3 is 0 Å². The second-order valence-corrected chi connectivity index (χ2v) is 14.4. The van der Waals surface area contributed by atoms with E-state index in [0.717, 1.165) is 55.2 Å². The van der Waals surface area contributed by atoms with E-state index in [9.17, 15) is 0 Å². The van der Waals surface area contributed by atoms with Crippen LogP contribution in [0.2, 0.25) is 0 Å². The SMILES string of the molecule is CC1(C)c2ccccc2-c2c1ccc1c2c2ccccc2n1-c1nc(-c2cccc(-c3ccccc3)c2)nc(-c2cccc3c2oc2ccccc23)n1. The minimum absolute atomic E-state index is 0.119. The lowest BCUT2D eigenvalue weighted by Gasteiger charge is -2.21. The van der Waals surface area contributed by atoms with E-state index in [4.69, 9.17) is 19.4 Å². The zero-order chi connectivity index (χ0) is 35.3. The van der Waals surface area contributed by atoms with Crippen molar-refractivity contribution < 1.29 is 4.42 Å². The maximum atomic E-state index is 6.53. The molecule has 3 aromatic heterocycles. The van der Waals surface area contributed by atoms with Gasteiger partial charge < -0.3 is 4.42 Å². The Kier molecular flexibility index (Phi) is 6.23. The number of hydrogen-bond donors (Lipinski definition) is 0. The van der Waals surface area contributed by atoms with Crippen LogP contribution in [-0.2, 0) is 5.41 Å². The Morgan fingerprint density at radius 3 is 2.08 bits per heavy atom. The van der Waals surface area contributed by atoms with Crippen molar-refractivity contribution in [1.82, 2.24) is 19.5 Å². The molecule has 0 saturated carbocycles. The molecule has 3 heterocycles. The van der Waals surface area contributed by atoms with E-state index < -0.39 is 0 Å². The molecule has 10 aromatic rings. The number of rotatable bonds is 4. The summed E-state index contributed by atoms with van der Waals surface area (Å²) in [5.74, 6) is 1.70. The van der Waals surface area contributed by atoms with Crippen molar-refractivity contribution >= 4 is 43.7 Å². The van der Waals surface area contributed by atoms with Crippen LogP contribution in [0.4, 0.5) is 0 Å². The van der Waals surface area contributed by atoms with Gasteiger partial charge in [-0.25, -0.2) is 4.98 Å². The minimum atomic E-state index is -0.119. The van der Waals surface area contributed by atoms with Gasteiger partial charge in [0.15, 0.2) is 11.6 Å². The third-order valence-electron chi connectivity index (χ3n) is 11.1. The molecule has 0 spiro atoms. The highest BCUT2D eigenvalue weighted by Crippen LogP contribution is 2.53. The highest BCUT2D eigenvalue weighted by atomic mass is 16.3. The fraction of sp³-hybridized carbons (Fsp3) is 0.0625. The summed E-state index contributed by atoms with van der Waals surface area (Å²) in [5.41, 5.74) is 12.8. The first-order valence-electron chi connectivity index (χ1n) is 18.0. The summed E-state index contributed by atoms with van der Waals surface area (Å²) in [6.07, 6.45) is 0. The molecule has 1 aliphatic rings. The molecule has 0 atom stereocenters. The van der Waals surface area contributed by atoms with E-state index in [2.05, 4.69) is 146 Å². The lowest BCUT2D eigenvalue weighted by Crippen LogP contribution is -2.14. The predicted molar refractivity (Wildman–Crippen MR) is 215 cm³/mol. The minimum Gasteiger partial charge on any atom is -0.455 e. The summed E-state index contributed by atoms with van der Waals surface area (Å²) in [5, 5.41) is 4.47. The Morgan fingerprint density at radius 1 is 0.491 bits per heavy atom. The normalized spacial score (nSPS) is 13.2. The fourth-order valence-corrected chi connectivity index (χ4v) is 8.57. The standard InChI is InChI=1S/C48H32N4O/c1-48(2)37-23-9-6-19-34(37)42-38(48)26-27-40-43(42)35-20-7-10-24-39(35)52(40)47-50-45(31-17-12-16-30(28-31)29-14-4-3-5-15-29)49-46(51-47)36-22-13-21-33-32-18-8-11-25-41(32)53-44(33)36/h3-28H,1-2H3. The quantitative estimate of drug-likeness (QED) is 0.186. The molecule has 0 amide bonds. The number of nitrogens with zero attached hydrogens (tertiary/aromatic N) is 4. The second kappa shape index (κ2) is 11.1. The van der Waals surface area contributed by atoms with Crippen LogP contribution in [0.25, 0.3) is 94.7 Å². The molecule has 11 rings (SSSR count). The Labute approximate surface area is 305 Å². The summed E-state index contributed by atoms with van der Waals surface area (Å²) < 4.78 is 8.74. The van der Waals surface area contributed by atoms with Crippen LogP contribution >= 0.6 is 0 Å². The van der Waals surface area contributed by atoms with E-state index in [1.54, 1.807) is 0 Å². The smallest absolute Gasteiger partial charge is 0.238 e. The zero-order valence-corrected chi connectivity index (χ0v) is 29.2. The first-order chi connectivity index (χ1) is 26.0. The van der Waals surface area contributed by atoms with Crippen LogP contribution in [0.15, 0.2) is 162 Å². The average molecular weight is 681 g/mol. The molecular formula is C48H32N4O. The van der Waals surface area contributed by atoms with Crippen LogP contribution in [0.1, 0.15) is 25.0 Å². The highest BCUT2D eigenvalue weighted by molar-refractivity contribution is 6.18. The van der Waals surface area contributed by atoms with E-state index in [1.807, 2.05) is 30.3 Å². The Bertz CT molecular complexity index is 3100. The van der Waals surface area contributed by atoms with E-state index >= 15 is 0 Å². The van der Waals surface area contributed by atoms with Crippen molar-refractivity contribution in [3.8, 4) is 51.0 Å². The highest BCUT2D eigenvalue weighted by Gasteiger charge is 2.37. The molecule has 0 fully saturated rings. The Balaban J connectivity index is 1.22. The van der Waals surface area contributed by atoms with Crippen LogP contribution in [0, 0.1) is 0 Å². The van der Waals surface area contributed by atoms with Gasteiger partial charge in [-0.1, -0.05) is 141 Å². The largest absolute Gasteiger partial charge is 0.455 e. The molecule has 0 unspecified atom stereocenters. The molecule has 250 valence electrons. The molecule has 53 heavy (non-hydrogen) atoms. The van der Waals surface area contributed by atoms with Gasteiger partial charge in [-0.3, -0.25) is 4.57 Å². The monoisotopic (exact) mass is 680 g/mol. The van der Waals surface area contributed by atoms with Gasteiger partial charge in [0.05, 0.1) is 16.6 Å². The van der Waals surface area contributed by atoms with Gasteiger partial charge in [0.25, 0.3) is 0 Å². The third kappa shape index (κ3) is 4.34. The van der Waals surface area contributed by atoms with Crippen LogP contribution in [-0.4, -0.2) is 19.5 Å². The van der Waals surface area contributed by atoms with Crippen LogP contribution < -0.4 is 0 Å². The number of furan rings is 1.